The first-order valence-corrected chi connectivity index (χ1v) is 24.2. The van der Waals surface area contributed by atoms with Crippen LogP contribution in [0, 0.1) is 0 Å². The third kappa shape index (κ3) is 28.0. The Morgan fingerprint density at radius 3 is 1.46 bits per heavy atom. The Bertz CT molecular complexity index is 1010. The second-order valence-corrected chi connectivity index (χ2v) is 17.2. The molecule has 0 aromatic carbocycles. The Hall–Kier alpha value is -1.41. The first-order chi connectivity index (χ1) is 28.7. The molecule has 348 valence electrons. The molecular formula is C48H91NO10. The largest absolute Gasteiger partial charge is 0.394 e. The molecule has 1 heterocycles. The van der Waals surface area contributed by atoms with Gasteiger partial charge in [0.15, 0.2) is 6.29 Å². The fourth-order valence-corrected chi connectivity index (χ4v) is 7.67. The SMILES string of the molecule is CCCCCCCCCCC/C=C\CCCCCCC(O)C(=O)NC(COC1OC(CO)C(O)C(O)C1O)C(O)C(O)CCC/C=C/CCCCCCCCCCCC. The summed E-state index contributed by atoms with van der Waals surface area (Å²) in [7, 11) is 0. The van der Waals surface area contributed by atoms with Gasteiger partial charge in [0, 0.05) is 0 Å². The standard InChI is InChI=1S/C48H91NO10/c1-3-5-7-9-11-13-15-17-19-20-22-24-26-28-30-32-34-36-41(52)47(57)49-39(38-58-48-46(56)45(55)44(54)42(37-50)59-48)43(53)40(51)35-33-31-29-27-25-23-21-18-16-14-12-10-8-6-4-2/h22,24,27,29,39-46,48,50-56H,3-21,23,25-26,28,30-38H2,1-2H3,(H,49,57)/b24-22-,29-27+. The number of ether oxygens (including phenoxy) is 2. The summed E-state index contributed by atoms with van der Waals surface area (Å²) < 4.78 is 11.1. The molecule has 11 heteroatoms. The number of rotatable bonds is 40. The van der Waals surface area contributed by atoms with E-state index in [1.165, 1.54) is 116 Å². The number of hydrogen-bond acceptors (Lipinski definition) is 10. The van der Waals surface area contributed by atoms with Crippen LogP contribution in [0.25, 0.3) is 0 Å². The highest BCUT2D eigenvalue weighted by Crippen LogP contribution is 2.23. The molecular weight excluding hydrogens is 751 g/mol. The molecule has 1 amide bonds. The molecule has 0 aromatic heterocycles. The lowest BCUT2D eigenvalue weighted by Gasteiger charge is -2.40. The van der Waals surface area contributed by atoms with Gasteiger partial charge in [-0.25, -0.2) is 0 Å². The van der Waals surface area contributed by atoms with Crippen molar-refractivity contribution in [2.45, 2.75) is 262 Å². The summed E-state index contributed by atoms with van der Waals surface area (Å²) >= 11 is 0. The van der Waals surface area contributed by atoms with Crippen LogP contribution in [0.1, 0.15) is 206 Å². The van der Waals surface area contributed by atoms with Crippen molar-refractivity contribution in [3.05, 3.63) is 24.3 Å². The van der Waals surface area contributed by atoms with Gasteiger partial charge in [-0.05, 0) is 64.2 Å². The van der Waals surface area contributed by atoms with Gasteiger partial charge in [-0.15, -0.1) is 0 Å². The molecule has 9 unspecified atom stereocenters. The smallest absolute Gasteiger partial charge is 0.249 e. The molecule has 1 fully saturated rings. The molecule has 0 radical (unpaired) electrons. The van der Waals surface area contributed by atoms with Crippen LogP contribution < -0.4 is 5.32 Å². The first kappa shape index (κ1) is 55.6. The molecule has 0 saturated carbocycles. The maximum absolute atomic E-state index is 13.1. The first-order valence-electron chi connectivity index (χ1n) is 24.2. The van der Waals surface area contributed by atoms with Gasteiger partial charge >= 0.3 is 0 Å². The van der Waals surface area contributed by atoms with Gasteiger partial charge in [-0.1, -0.05) is 167 Å². The number of carbonyl (C=O) groups is 1. The predicted molar refractivity (Wildman–Crippen MR) is 238 cm³/mol. The van der Waals surface area contributed by atoms with Gasteiger partial charge in [0.05, 0.1) is 25.4 Å². The van der Waals surface area contributed by atoms with Crippen molar-refractivity contribution >= 4 is 5.91 Å². The van der Waals surface area contributed by atoms with Crippen molar-refractivity contribution in [1.29, 1.82) is 0 Å². The van der Waals surface area contributed by atoms with Crippen molar-refractivity contribution in [3.8, 4) is 0 Å². The Morgan fingerprint density at radius 2 is 1.00 bits per heavy atom. The summed E-state index contributed by atoms with van der Waals surface area (Å²) in [5, 5.41) is 75.7. The van der Waals surface area contributed by atoms with E-state index in [2.05, 4.69) is 43.5 Å². The normalized spacial score (nSPS) is 21.9. The highest BCUT2D eigenvalue weighted by molar-refractivity contribution is 5.80. The van der Waals surface area contributed by atoms with Gasteiger partial charge in [0.2, 0.25) is 5.91 Å². The van der Waals surface area contributed by atoms with E-state index in [1.54, 1.807) is 0 Å². The summed E-state index contributed by atoms with van der Waals surface area (Å²) in [4.78, 5) is 13.1. The number of allylic oxidation sites excluding steroid dienone is 4. The molecule has 1 saturated heterocycles. The molecule has 0 aliphatic carbocycles. The molecule has 9 atom stereocenters. The lowest BCUT2D eigenvalue weighted by molar-refractivity contribution is -0.303. The zero-order valence-corrected chi connectivity index (χ0v) is 37.5. The minimum absolute atomic E-state index is 0.241. The average molecular weight is 842 g/mol. The lowest BCUT2D eigenvalue weighted by atomic mass is 9.98. The average Bonchev–Trinajstić information content (AvgIpc) is 3.23. The Morgan fingerprint density at radius 1 is 0.576 bits per heavy atom. The molecule has 1 aliphatic heterocycles. The van der Waals surface area contributed by atoms with Gasteiger partial charge < -0.3 is 50.5 Å². The lowest BCUT2D eigenvalue weighted by Crippen LogP contribution is -2.60. The van der Waals surface area contributed by atoms with Crippen LogP contribution in [0.15, 0.2) is 24.3 Å². The molecule has 0 bridgehead atoms. The molecule has 59 heavy (non-hydrogen) atoms. The quantitative estimate of drug-likeness (QED) is 0.0221. The minimum Gasteiger partial charge on any atom is -0.394 e. The van der Waals surface area contributed by atoms with E-state index in [1.807, 2.05) is 0 Å². The second-order valence-electron chi connectivity index (χ2n) is 17.2. The monoisotopic (exact) mass is 842 g/mol. The van der Waals surface area contributed by atoms with E-state index in [4.69, 9.17) is 9.47 Å². The number of nitrogens with one attached hydrogen (secondary N) is 1. The summed E-state index contributed by atoms with van der Waals surface area (Å²) in [5.74, 6) is -0.715. The van der Waals surface area contributed by atoms with Crippen LogP contribution in [0.2, 0.25) is 0 Å². The number of amides is 1. The summed E-state index contributed by atoms with van der Waals surface area (Å²) in [6.45, 7) is 3.42. The Balaban J connectivity index is 2.46. The molecule has 11 nitrogen and oxygen atoms in total. The summed E-state index contributed by atoms with van der Waals surface area (Å²) in [5.41, 5.74) is 0. The zero-order valence-electron chi connectivity index (χ0n) is 37.5. The fourth-order valence-electron chi connectivity index (χ4n) is 7.67. The van der Waals surface area contributed by atoms with E-state index in [9.17, 15) is 40.5 Å². The van der Waals surface area contributed by atoms with Crippen molar-refractivity contribution in [3.63, 3.8) is 0 Å². The van der Waals surface area contributed by atoms with E-state index >= 15 is 0 Å². The zero-order chi connectivity index (χ0) is 43.4. The van der Waals surface area contributed by atoms with Crippen LogP contribution in [0.3, 0.4) is 0 Å². The van der Waals surface area contributed by atoms with Crippen LogP contribution in [0.5, 0.6) is 0 Å². The topological polar surface area (TPSA) is 189 Å². The van der Waals surface area contributed by atoms with Crippen LogP contribution in [0.4, 0.5) is 0 Å². The van der Waals surface area contributed by atoms with Crippen LogP contribution in [-0.2, 0) is 14.3 Å². The van der Waals surface area contributed by atoms with Crippen molar-refractivity contribution in [2.24, 2.45) is 0 Å². The Labute approximate surface area is 359 Å². The number of aliphatic hydroxyl groups excluding tert-OH is 7. The van der Waals surface area contributed by atoms with E-state index in [0.717, 1.165) is 51.4 Å². The Kier molecular flexibility index (Phi) is 36.1. The highest BCUT2D eigenvalue weighted by Gasteiger charge is 2.44. The number of hydrogen-bond donors (Lipinski definition) is 8. The van der Waals surface area contributed by atoms with Gasteiger partial charge in [-0.3, -0.25) is 4.79 Å². The van der Waals surface area contributed by atoms with Crippen LogP contribution >= 0.6 is 0 Å². The highest BCUT2D eigenvalue weighted by atomic mass is 16.7. The summed E-state index contributed by atoms with van der Waals surface area (Å²) in [6, 6.07) is -1.19. The summed E-state index contributed by atoms with van der Waals surface area (Å²) in [6.07, 6.45) is 30.8. The number of carbonyl (C=O) groups excluding carboxylic acids is 1. The predicted octanol–water partition coefficient (Wildman–Crippen LogP) is 8.23. The van der Waals surface area contributed by atoms with Gasteiger partial charge in [-0.2, -0.15) is 0 Å². The van der Waals surface area contributed by atoms with Gasteiger partial charge in [0.1, 0.15) is 36.6 Å². The third-order valence-electron chi connectivity index (χ3n) is 11.7. The number of unbranched alkanes of at least 4 members (excludes halogenated alkanes) is 24. The van der Waals surface area contributed by atoms with Crippen LogP contribution in [-0.4, -0.2) is 110 Å². The van der Waals surface area contributed by atoms with Gasteiger partial charge in [0.25, 0.3) is 0 Å². The molecule has 1 aliphatic rings. The van der Waals surface area contributed by atoms with Crippen molar-refractivity contribution < 1.29 is 50.0 Å². The van der Waals surface area contributed by atoms with E-state index in [-0.39, 0.29) is 12.8 Å². The third-order valence-corrected chi connectivity index (χ3v) is 11.7. The van der Waals surface area contributed by atoms with Crippen molar-refractivity contribution in [2.75, 3.05) is 13.2 Å². The van der Waals surface area contributed by atoms with E-state index < -0.39 is 74.2 Å². The molecule has 1 rings (SSSR count). The fraction of sp³-hybridized carbons (Fsp3) is 0.896. The second kappa shape index (κ2) is 38.3. The van der Waals surface area contributed by atoms with E-state index in [0.29, 0.717) is 12.8 Å². The maximum Gasteiger partial charge on any atom is 0.249 e. The molecule has 0 aromatic rings. The van der Waals surface area contributed by atoms with Crippen molar-refractivity contribution in [1.82, 2.24) is 5.32 Å². The molecule has 0 spiro atoms. The maximum atomic E-state index is 13.1. The minimum atomic E-state index is -1.67. The molecule has 8 N–H and O–H groups in total. The number of aliphatic hydroxyl groups is 7.